The van der Waals surface area contributed by atoms with E-state index < -0.39 is 6.29 Å². The molecule has 1 aliphatic rings. The fourth-order valence-electron chi connectivity index (χ4n) is 1.59. The Morgan fingerprint density at radius 2 is 2.29 bits per heavy atom. The molecule has 0 amide bonds. The van der Waals surface area contributed by atoms with Gasteiger partial charge < -0.3 is 25.6 Å². The Labute approximate surface area is 82.2 Å². The summed E-state index contributed by atoms with van der Waals surface area (Å²) in [5, 5.41) is 37.8. The Morgan fingerprint density at radius 1 is 1.64 bits per heavy atom. The first kappa shape index (κ1) is 11.2. The van der Waals surface area contributed by atoms with E-state index in [2.05, 4.69) is 0 Å². The Kier molecular flexibility index (Phi) is 3.65. The molecule has 5 heteroatoms. The number of rotatable bonds is 3. The molecule has 0 saturated carbocycles. The molecule has 0 spiro atoms. The van der Waals surface area contributed by atoms with Gasteiger partial charge in [-0.1, -0.05) is 0 Å². The highest BCUT2D eigenvalue weighted by atomic mass is 16.5. The normalized spacial score (nSPS) is 24.5. The molecule has 0 aromatic carbocycles. The van der Waals surface area contributed by atoms with E-state index in [0.717, 1.165) is 0 Å². The monoisotopic (exact) mass is 201 g/mol. The van der Waals surface area contributed by atoms with Gasteiger partial charge in [0.1, 0.15) is 11.5 Å². The van der Waals surface area contributed by atoms with Gasteiger partial charge in [0.2, 0.25) is 0 Å². The number of hydrogen-bond acceptors (Lipinski definition) is 4. The van der Waals surface area contributed by atoms with Gasteiger partial charge in [-0.25, -0.2) is 0 Å². The maximum absolute atomic E-state index is 11.2. The number of hydroxylamine groups is 2. The Bertz CT molecular complexity index is 258. The number of nitrogens with one attached hydrogen (secondary N) is 1. The molecule has 2 unspecified atom stereocenters. The number of aliphatic hydroxyl groups is 3. The zero-order chi connectivity index (χ0) is 10.7. The highest BCUT2D eigenvalue weighted by molar-refractivity contribution is 5.20. The highest BCUT2D eigenvalue weighted by Gasteiger charge is 2.24. The summed E-state index contributed by atoms with van der Waals surface area (Å²) < 4.78 is 0. The quantitative estimate of drug-likeness (QED) is 0.350. The lowest BCUT2D eigenvalue weighted by Gasteiger charge is -2.28. The second kappa shape index (κ2) is 4.56. The third-order valence-electron chi connectivity index (χ3n) is 2.26. The zero-order valence-corrected chi connectivity index (χ0v) is 7.97. The van der Waals surface area contributed by atoms with Crippen molar-refractivity contribution in [2.75, 3.05) is 7.05 Å². The van der Waals surface area contributed by atoms with Crippen molar-refractivity contribution in [3.8, 4) is 0 Å². The smallest absolute Gasteiger partial charge is 0.152 e. The molecule has 0 fully saturated rings. The first-order valence-electron chi connectivity index (χ1n) is 4.48. The first-order chi connectivity index (χ1) is 6.50. The molecule has 0 bridgehead atoms. The van der Waals surface area contributed by atoms with Gasteiger partial charge in [-0.15, -0.1) is 0 Å². The molecule has 4 N–H and O–H groups in total. The summed E-state index contributed by atoms with van der Waals surface area (Å²) in [6.07, 6.45) is 2.12. The molecular weight excluding hydrogens is 186 g/mol. The minimum Gasteiger partial charge on any atom is -0.629 e. The minimum atomic E-state index is -1.42. The number of quaternary nitrogens is 1. The summed E-state index contributed by atoms with van der Waals surface area (Å²) in [5.41, 5.74) is 0.457. The van der Waals surface area contributed by atoms with Crippen molar-refractivity contribution in [1.82, 2.24) is 0 Å². The molecule has 0 heterocycles. The average Bonchev–Trinajstić information content (AvgIpc) is 2.07. The van der Waals surface area contributed by atoms with Crippen molar-refractivity contribution in [1.29, 1.82) is 0 Å². The third-order valence-corrected chi connectivity index (χ3v) is 2.26. The summed E-state index contributed by atoms with van der Waals surface area (Å²) >= 11 is 0. The molecule has 0 aromatic heterocycles. The van der Waals surface area contributed by atoms with Crippen LogP contribution in [0.5, 0.6) is 0 Å². The van der Waals surface area contributed by atoms with E-state index >= 15 is 0 Å². The molecule has 2 atom stereocenters. The van der Waals surface area contributed by atoms with Gasteiger partial charge in [-0.3, -0.25) is 0 Å². The summed E-state index contributed by atoms with van der Waals surface area (Å²) in [5.74, 6) is -0.137. The van der Waals surface area contributed by atoms with E-state index in [4.69, 9.17) is 10.2 Å². The van der Waals surface area contributed by atoms with Crippen LogP contribution >= 0.6 is 0 Å². The molecule has 0 saturated heterocycles. The van der Waals surface area contributed by atoms with Gasteiger partial charge in [0.25, 0.3) is 0 Å². The lowest BCUT2D eigenvalue weighted by molar-refractivity contribution is -0.787. The van der Waals surface area contributed by atoms with Gasteiger partial charge >= 0.3 is 0 Å². The molecule has 1 rings (SSSR count). The van der Waals surface area contributed by atoms with E-state index in [0.29, 0.717) is 12.1 Å². The standard InChI is InChI=1S/C9H15NO4/c1-10(14)8-5-7(11)3-2-6(8)4-9(12)13/h3,5-6,9-13H,2,4H2,1H3. The van der Waals surface area contributed by atoms with Crippen molar-refractivity contribution < 1.29 is 20.4 Å². The second-order valence-corrected chi connectivity index (χ2v) is 3.43. The third kappa shape index (κ3) is 2.81. The van der Waals surface area contributed by atoms with Crippen LogP contribution in [-0.2, 0) is 0 Å². The van der Waals surface area contributed by atoms with Gasteiger partial charge in [0, 0.05) is 18.4 Å². The summed E-state index contributed by atoms with van der Waals surface area (Å²) in [7, 11) is 1.40. The van der Waals surface area contributed by atoms with E-state index in [1.807, 2.05) is 0 Å². The van der Waals surface area contributed by atoms with Crippen LogP contribution in [0.4, 0.5) is 0 Å². The van der Waals surface area contributed by atoms with Crippen LogP contribution in [0.25, 0.3) is 0 Å². The lowest BCUT2D eigenvalue weighted by atomic mass is 9.92. The van der Waals surface area contributed by atoms with Gasteiger partial charge in [0.05, 0.1) is 7.05 Å². The molecule has 0 aromatic rings. The van der Waals surface area contributed by atoms with Crippen LogP contribution in [-0.4, -0.2) is 28.7 Å². The Hall–Kier alpha value is -0.880. The van der Waals surface area contributed by atoms with E-state index in [1.165, 1.54) is 13.1 Å². The summed E-state index contributed by atoms with van der Waals surface area (Å²) in [6.45, 7) is 0. The van der Waals surface area contributed by atoms with Crippen LogP contribution in [0.3, 0.4) is 0 Å². The maximum Gasteiger partial charge on any atom is 0.152 e. The predicted octanol–water partition coefficient (Wildman–Crippen LogP) is -0.955. The average molecular weight is 201 g/mol. The molecule has 5 nitrogen and oxygen atoms in total. The van der Waals surface area contributed by atoms with Gasteiger partial charge in [-0.05, 0) is 12.5 Å². The maximum atomic E-state index is 11.2. The zero-order valence-electron chi connectivity index (χ0n) is 7.97. The molecule has 80 valence electrons. The van der Waals surface area contributed by atoms with E-state index in [9.17, 15) is 10.3 Å². The van der Waals surface area contributed by atoms with Gasteiger partial charge in [-0.2, -0.15) is 0 Å². The minimum absolute atomic E-state index is 0.0684. The fraction of sp³-hybridized carbons (Fsp3) is 0.556. The van der Waals surface area contributed by atoms with Crippen LogP contribution in [0.15, 0.2) is 23.6 Å². The van der Waals surface area contributed by atoms with Gasteiger partial charge in [0.15, 0.2) is 6.29 Å². The number of allylic oxidation sites excluding steroid dienone is 3. The number of hydrogen-bond donors (Lipinski definition) is 4. The van der Waals surface area contributed by atoms with Crippen molar-refractivity contribution >= 4 is 0 Å². The van der Waals surface area contributed by atoms with Crippen LogP contribution < -0.4 is 5.06 Å². The number of aliphatic hydroxyl groups excluding tert-OH is 2. The molecular formula is C9H15NO4. The second-order valence-electron chi connectivity index (χ2n) is 3.43. The van der Waals surface area contributed by atoms with Crippen molar-refractivity contribution in [2.45, 2.75) is 19.1 Å². The first-order valence-corrected chi connectivity index (χ1v) is 4.48. The van der Waals surface area contributed by atoms with Crippen LogP contribution in [0.1, 0.15) is 12.8 Å². The molecule has 1 aliphatic carbocycles. The van der Waals surface area contributed by atoms with E-state index in [-0.39, 0.29) is 23.2 Å². The molecule has 0 aliphatic heterocycles. The Morgan fingerprint density at radius 3 is 2.79 bits per heavy atom. The van der Waals surface area contributed by atoms with Crippen molar-refractivity contribution in [3.63, 3.8) is 0 Å². The van der Waals surface area contributed by atoms with Crippen LogP contribution in [0.2, 0.25) is 0 Å². The Balaban J connectivity index is 2.74. The fourth-order valence-corrected chi connectivity index (χ4v) is 1.59. The summed E-state index contributed by atoms with van der Waals surface area (Å²) in [4.78, 5) is 0. The lowest BCUT2D eigenvalue weighted by Crippen LogP contribution is -3.02. The topological polar surface area (TPSA) is 88.2 Å². The molecule has 14 heavy (non-hydrogen) atoms. The summed E-state index contributed by atoms with van der Waals surface area (Å²) in [6, 6.07) is 0. The largest absolute Gasteiger partial charge is 0.629 e. The van der Waals surface area contributed by atoms with Crippen molar-refractivity contribution in [2.24, 2.45) is 5.92 Å². The van der Waals surface area contributed by atoms with Crippen molar-refractivity contribution in [3.05, 3.63) is 28.8 Å². The highest BCUT2D eigenvalue weighted by Crippen LogP contribution is 2.23. The van der Waals surface area contributed by atoms with E-state index in [1.54, 1.807) is 6.08 Å². The predicted molar refractivity (Wildman–Crippen MR) is 50.0 cm³/mol. The SMILES string of the molecule is C[NH+]([O-])C1=CC(O)=CCC1CC(O)O. The molecule has 0 radical (unpaired) electrons. The van der Waals surface area contributed by atoms with Crippen LogP contribution in [0, 0.1) is 11.1 Å².